The van der Waals surface area contributed by atoms with E-state index in [-0.39, 0.29) is 0 Å². The third-order valence-corrected chi connectivity index (χ3v) is 3.43. The molecule has 106 valence electrons. The molecule has 7 heteroatoms. The number of carbonyl (C=O) groups excluding carboxylic acids is 1. The molecule has 0 radical (unpaired) electrons. The normalized spacial score (nSPS) is 11.9. The summed E-state index contributed by atoms with van der Waals surface area (Å²) in [4.78, 5) is 27.7. The Hall–Kier alpha value is -1.63. The predicted molar refractivity (Wildman–Crippen MR) is 73.2 cm³/mol. The van der Waals surface area contributed by atoms with Crippen molar-refractivity contribution in [3.05, 3.63) is 16.1 Å². The van der Waals surface area contributed by atoms with E-state index >= 15 is 0 Å². The molecule has 1 unspecified atom stereocenters. The molecular formula is C12H19N3O3S. The van der Waals surface area contributed by atoms with Crippen molar-refractivity contribution in [1.29, 1.82) is 0 Å². The minimum Gasteiger partial charge on any atom is -0.480 e. The highest BCUT2D eigenvalue weighted by Crippen LogP contribution is 2.10. The van der Waals surface area contributed by atoms with Crippen molar-refractivity contribution < 1.29 is 14.7 Å². The van der Waals surface area contributed by atoms with E-state index in [0.717, 1.165) is 22.7 Å². The van der Waals surface area contributed by atoms with Gasteiger partial charge in [-0.05, 0) is 13.3 Å². The highest BCUT2D eigenvalue weighted by Gasteiger charge is 2.18. The zero-order valence-corrected chi connectivity index (χ0v) is 11.9. The maximum absolute atomic E-state index is 11.6. The molecular weight excluding hydrogens is 266 g/mol. The van der Waals surface area contributed by atoms with Crippen LogP contribution < -0.4 is 10.6 Å². The summed E-state index contributed by atoms with van der Waals surface area (Å²) in [6, 6.07) is -1.31. The average Bonchev–Trinajstić information content (AvgIpc) is 2.77. The van der Waals surface area contributed by atoms with E-state index in [1.807, 2.05) is 13.8 Å². The van der Waals surface area contributed by atoms with Crippen LogP contribution in [-0.4, -0.2) is 28.1 Å². The first-order chi connectivity index (χ1) is 9.02. The van der Waals surface area contributed by atoms with Gasteiger partial charge in [-0.3, -0.25) is 0 Å². The average molecular weight is 285 g/mol. The van der Waals surface area contributed by atoms with E-state index in [0.29, 0.717) is 13.0 Å². The highest BCUT2D eigenvalue weighted by molar-refractivity contribution is 7.11. The molecule has 0 aliphatic heterocycles. The van der Waals surface area contributed by atoms with Crippen LogP contribution in [0.5, 0.6) is 0 Å². The zero-order chi connectivity index (χ0) is 14.3. The maximum atomic E-state index is 11.6. The fourth-order valence-corrected chi connectivity index (χ4v) is 2.24. The summed E-state index contributed by atoms with van der Waals surface area (Å²) >= 11 is 1.50. The van der Waals surface area contributed by atoms with Crippen LogP contribution in [0.3, 0.4) is 0 Å². The maximum Gasteiger partial charge on any atom is 0.326 e. The molecule has 0 fully saturated rings. The lowest BCUT2D eigenvalue weighted by Crippen LogP contribution is -2.45. The van der Waals surface area contributed by atoms with Crippen molar-refractivity contribution in [2.75, 3.05) is 0 Å². The molecule has 0 aromatic carbocycles. The van der Waals surface area contributed by atoms with Crippen molar-refractivity contribution in [2.45, 2.75) is 45.7 Å². The molecule has 19 heavy (non-hydrogen) atoms. The van der Waals surface area contributed by atoms with Crippen LogP contribution in [0.4, 0.5) is 4.79 Å². The first-order valence-corrected chi connectivity index (χ1v) is 7.03. The molecule has 0 saturated carbocycles. The molecule has 1 aromatic rings. The second kappa shape index (κ2) is 7.73. The molecule has 0 bridgehead atoms. The second-order valence-electron chi connectivity index (χ2n) is 4.22. The number of nitrogens with one attached hydrogen (secondary N) is 2. The lowest BCUT2D eigenvalue weighted by molar-refractivity contribution is -0.139. The SMILES string of the molecule is CCCCC(NC(=O)NCc1ncc(C)s1)C(=O)O. The molecule has 1 heterocycles. The van der Waals surface area contributed by atoms with Crippen molar-refractivity contribution in [1.82, 2.24) is 15.6 Å². The summed E-state index contributed by atoms with van der Waals surface area (Å²) < 4.78 is 0. The predicted octanol–water partition coefficient (Wildman–Crippen LogP) is 1.89. The summed E-state index contributed by atoms with van der Waals surface area (Å²) in [6.07, 6.45) is 3.84. The Balaban J connectivity index is 2.37. The number of aryl methyl sites for hydroxylation is 1. The van der Waals surface area contributed by atoms with Crippen LogP contribution in [0.2, 0.25) is 0 Å². The lowest BCUT2D eigenvalue weighted by Gasteiger charge is -2.14. The Morgan fingerprint density at radius 1 is 1.53 bits per heavy atom. The van der Waals surface area contributed by atoms with Gasteiger partial charge in [0.05, 0.1) is 6.54 Å². The number of aliphatic carboxylic acids is 1. The zero-order valence-electron chi connectivity index (χ0n) is 11.1. The van der Waals surface area contributed by atoms with Crippen molar-refractivity contribution in [2.24, 2.45) is 0 Å². The molecule has 2 amide bonds. The number of hydrogen-bond donors (Lipinski definition) is 3. The summed E-state index contributed by atoms with van der Waals surface area (Å²) in [6.45, 7) is 4.22. The Kier molecular flexibility index (Phi) is 6.27. The molecule has 1 aromatic heterocycles. The standard InChI is InChI=1S/C12H19N3O3S/c1-3-4-5-9(11(16)17)15-12(18)14-7-10-13-6-8(2)19-10/h6,9H,3-5,7H2,1-2H3,(H,16,17)(H2,14,15,18). The minimum absolute atomic E-state index is 0.310. The van der Waals surface area contributed by atoms with Gasteiger partial charge in [0.25, 0.3) is 0 Å². The number of amides is 2. The van der Waals surface area contributed by atoms with Gasteiger partial charge in [-0.2, -0.15) is 0 Å². The third kappa shape index (κ3) is 5.69. The Bertz CT molecular complexity index is 434. The van der Waals surface area contributed by atoms with E-state index in [9.17, 15) is 9.59 Å². The summed E-state index contributed by atoms with van der Waals surface area (Å²) in [5.74, 6) is -1.01. The fraction of sp³-hybridized carbons (Fsp3) is 0.583. The van der Waals surface area contributed by atoms with E-state index in [4.69, 9.17) is 5.11 Å². The van der Waals surface area contributed by atoms with Crippen LogP contribution in [0, 0.1) is 6.92 Å². The number of carbonyl (C=O) groups is 2. The first kappa shape index (κ1) is 15.4. The van der Waals surface area contributed by atoms with E-state index in [1.165, 1.54) is 11.3 Å². The van der Waals surface area contributed by atoms with Gasteiger partial charge in [-0.15, -0.1) is 11.3 Å². The quantitative estimate of drug-likeness (QED) is 0.713. The van der Waals surface area contributed by atoms with E-state index in [2.05, 4.69) is 15.6 Å². The number of aromatic nitrogens is 1. The van der Waals surface area contributed by atoms with Crippen LogP contribution in [-0.2, 0) is 11.3 Å². The van der Waals surface area contributed by atoms with Gasteiger partial charge < -0.3 is 15.7 Å². The molecule has 0 aliphatic carbocycles. The van der Waals surface area contributed by atoms with Gasteiger partial charge >= 0.3 is 12.0 Å². The minimum atomic E-state index is -1.01. The summed E-state index contributed by atoms with van der Waals surface area (Å²) in [5.41, 5.74) is 0. The van der Waals surface area contributed by atoms with E-state index in [1.54, 1.807) is 6.20 Å². The molecule has 1 atom stereocenters. The number of urea groups is 1. The van der Waals surface area contributed by atoms with Gasteiger partial charge in [-0.25, -0.2) is 14.6 Å². The van der Waals surface area contributed by atoms with Crippen LogP contribution in [0.25, 0.3) is 0 Å². The topological polar surface area (TPSA) is 91.3 Å². The van der Waals surface area contributed by atoms with Crippen molar-refractivity contribution in [3.8, 4) is 0 Å². The summed E-state index contributed by atoms with van der Waals surface area (Å²) in [5, 5.41) is 14.8. The van der Waals surface area contributed by atoms with Crippen LogP contribution >= 0.6 is 11.3 Å². The number of carboxylic acid groups (broad SMARTS) is 1. The molecule has 0 aliphatic rings. The van der Waals surface area contributed by atoms with Gasteiger partial charge in [0.2, 0.25) is 0 Å². The van der Waals surface area contributed by atoms with Crippen molar-refractivity contribution in [3.63, 3.8) is 0 Å². The lowest BCUT2D eigenvalue weighted by atomic mass is 10.1. The Morgan fingerprint density at radius 3 is 2.79 bits per heavy atom. The number of thiazole rings is 1. The van der Waals surface area contributed by atoms with Gasteiger partial charge in [0, 0.05) is 11.1 Å². The molecule has 6 nitrogen and oxygen atoms in total. The number of rotatable bonds is 7. The number of nitrogens with zero attached hydrogens (tertiary/aromatic N) is 1. The van der Waals surface area contributed by atoms with Gasteiger partial charge in [0.15, 0.2) is 0 Å². The van der Waals surface area contributed by atoms with E-state index < -0.39 is 18.0 Å². The van der Waals surface area contributed by atoms with Crippen molar-refractivity contribution >= 4 is 23.3 Å². The molecule has 0 saturated heterocycles. The van der Waals surface area contributed by atoms with Gasteiger partial charge in [-0.1, -0.05) is 19.8 Å². The van der Waals surface area contributed by atoms with Crippen LogP contribution in [0.1, 0.15) is 36.1 Å². The highest BCUT2D eigenvalue weighted by atomic mass is 32.1. The smallest absolute Gasteiger partial charge is 0.326 e. The summed E-state index contributed by atoms with van der Waals surface area (Å²) in [7, 11) is 0. The van der Waals surface area contributed by atoms with Gasteiger partial charge in [0.1, 0.15) is 11.0 Å². The largest absolute Gasteiger partial charge is 0.480 e. The monoisotopic (exact) mass is 285 g/mol. The number of unbranched alkanes of at least 4 members (excludes halogenated alkanes) is 1. The Morgan fingerprint density at radius 2 is 2.26 bits per heavy atom. The first-order valence-electron chi connectivity index (χ1n) is 6.21. The Labute approximate surface area is 116 Å². The molecule has 1 rings (SSSR count). The van der Waals surface area contributed by atoms with Crippen LogP contribution in [0.15, 0.2) is 6.20 Å². The number of hydrogen-bond acceptors (Lipinski definition) is 4. The fourth-order valence-electron chi connectivity index (χ4n) is 1.51. The second-order valence-corrected chi connectivity index (χ2v) is 5.54. The molecule has 3 N–H and O–H groups in total. The third-order valence-electron chi connectivity index (χ3n) is 2.52. The number of carboxylic acids is 1. The molecule has 0 spiro atoms.